The number of methoxy groups -OCH3 is 1. The van der Waals surface area contributed by atoms with Gasteiger partial charge in [0.2, 0.25) is 0 Å². The van der Waals surface area contributed by atoms with E-state index in [0.29, 0.717) is 10.0 Å². The Hall–Kier alpha value is -2.69. The van der Waals surface area contributed by atoms with Crippen molar-refractivity contribution in [1.82, 2.24) is 5.32 Å². The molecule has 3 aromatic carbocycles. The molecule has 1 aliphatic heterocycles. The van der Waals surface area contributed by atoms with Gasteiger partial charge in [-0.15, -0.1) is 0 Å². The number of ether oxygens (including phenoxy) is 2. The predicted octanol–water partition coefficient (Wildman–Crippen LogP) is 6.80. The number of hydrogen-bond acceptors (Lipinski definition) is 4. The Morgan fingerprint density at radius 2 is 1.56 bits per heavy atom. The Bertz CT molecular complexity index is 1130. The van der Waals surface area contributed by atoms with Crippen molar-refractivity contribution in [3.63, 3.8) is 0 Å². The molecule has 1 N–H and O–H groups in total. The summed E-state index contributed by atoms with van der Waals surface area (Å²) in [7, 11) is 1.65. The van der Waals surface area contributed by atoms with Crippen LogP contribution < -0.4 is 14.8 Å². The zero-order chi connectivity index (χ0) is 22.9. The van der Waals surface area contributed by atoms with Gasteiger partial charge in [-0.05, 0) is 68.3 Å². The van der Waals surface area contributed by atoms with Crippen LogP contribution in [0, 0.1) is 0 Å². The second kappa shape index (κ2) is 9.05. The Balaban J connectivity index is 1.83. The van der Waals surface area contributed by atoms with Gasteiger partial charge in [0, 0.05) is 16.1 Å². The van der Waals surface area contributed by atoms with Crippen LogP contribution in [-0.4, -0.2) is 19.0 Å². The molecule has 0 aromatic heterocycles. The lowest BCUT2D eigenvalue weighted by molar-refractivity contribution is 0.240. The van der Waals surface area contributed by atoms with Crippen LogP contribution in [0.1, 0.15) is 43.5 Å². The Morgan fingerprint density at radius 1 is 0.938 bits per heavy atom. The zero-order valence-electron chi connectivity index (χ0n) is 18.5. The smallest absolute Gasteiger partial charge is 0.134 e. The quantitative estimate of drug-likeness (QED) is 0.432. The summed E-state index contributed by atoms with van der Waals surface area (Å²) in [5, 5.41) is 5.08. The van der Waals surface area contributed by atoms with Crippen molar-refractivity contribution >= 4 is 29.0 Å². The first kappa shape index (κ1) is 22.5. The molecule has 0 saturated carbocycles. The third-order valence-corrected chi connectivity index (χ3v) is 6.12. The molecule has 0 amide bonds. The standard InChI is InChI=1S/C26H26Cl2N2O2/c1-16(2)32-23-15-21(31-4)13-14-22(23)25-29-24(17-5-9-19(27)10-6-17)26(3,30-25)18-7-11-20(28)12-8-18/h5-16,24H,1-4H3,(H,29,30)/t24-,26-/m0/s1. The van der Waals surface area contributed by atoms with Gasteiger partial charge < -0.3 is 14.8 Å². The van der Waals surface area contributed by atoms with Crippen molar-refractivity contribution in [1.29, 1.82) is 0 Å². The molecule has 0 saturated heterocycles. The van der Waals surface area contributed by atoms with Gasteiger partial charge in [-0.1, -0.05) is 47.5 Å². The normalized spacial score (nSPS) is 20.1. The van der Waals surface area contributed by atoms with Crippen LogP contribution in [0.3, 0.4) is 0 Å². The van der Waals surface area contributed by atoms with E-state index < -0.39 is 5.54 Å². The molecule has 0 spiro atoms. The monoisotopic (exact) mass is 468 g/mol. The second-order valence-electron chi connectivity index (χ2n) is 8.29. The summed E-state index contributed by atoms with van der Waals surface area (Å²) in [5.74, 6) is 2.22. The van der Waals surface area contributed by atoms with E-state index >= 15 is 0 Å². The van der Waals surface area contributed by atoms with Crippen LogP contribution in [0.4, 0.5) is 0 Å². The molecule has 32 heavy (non-hydrogen) atoms. The minimum Gasteiger partial charge on any atom is -0.497 e. The van der Waals surface area contributed by atoms with Crippen LogP contribution in [0.5, 0.6) is 11.5 Å². The highest BCUT2D eigenvalue weighted by Crippen LogP contribution is 2.43. The summed E-state index contributed by atoms with van der Waals surface area (Å²) < 4.78 is 11.5. The van der Waals surface area contributed by atoms with Crippen molar-refractivity contribution in [3.8, 4) is 11.5 Å². The van der Waals surface area contributed by atoms with E-state index in [2.05, 4.69) is 12.2 Å². The number of amidine groups is 1. The molecule has 0 bridgehead atoms. The second-order valence-corrected chi connectivity index (χ2v) is 9.17. The van der Waals surface area contributed by atoms with Gasteiger partial charge >= 0.3 is 0 Å². The topological polar surface area (TPSA) is 42.8 Å². The summed E-state index contributed by atoms with van der Waals surface area (Å²) in [5.41, 5.74) is 2.54. The minimum atomic E-state index is -0.497. The number of hydrogen-bond donors (Lipinski definition) is 1. The average molecular weight is 469 g/mol. The molecule has 4 rings (SSSR count). The molecule has 0 fully saturated rings. The van der Waals surface area contributed by atoms with Crippen molar-refractivity contribution in [3.05, 3.63) is 93.5 Å². The summed E-state index contributed by atoms with van der Waals surface area (Å²) in [4.78, 5) is 5.14. The number of nitrogens with one attached hydrogen (secondary N) is 1. The lowest BCUT2D eigenvalue weighted by Crippen LogP contribution is -2.42. The summed E-state index contributed by atoms with van der Waals surface area (Å²) in [6, 6.07) is 21.3. The van der Waals surface area contributed by atoms with E-state index in [0.717, 1.165) is 34.0 Å². The molecule has 166 valence electrons. The van der Waals surface area contributed by atoms with Gasteiger partial charge in [-0.25, -0.2) is 0 Å². The van der Waals surface area contributed by atoms with E-state index in [-0.39, 0.29) is 12.1 Å². The number of rotatable bonds is 6. The molecule has 1 aliphatic rings. The molecule has 0 radical (unpaired) electrons. The molecule has 6 heteroatoms. The Kier molecular flexibility index (Phi) is 6.36. The van der Waals surface area contributed by atoms with E-state index in [1.54, 1.807) is 7.11 Å². The SMILES string of the molecule is COc1ccc(C2=N[C@@H](c3ccc(Cl)cc3)[C@](C)(c3ccc(Cl)cc3)N2)c(OC(C)C)c1. The molecule has 1 heterocycles. The van der Waals surface area contributed by atoms with E-state index in [4.69, 9.17) is 37.7 Å². The third-order valence-electron chi connectivity index (χ3n) is 5.62. The van der Waals surface area contributed by atoms with Crippen molar-refractivity contribution in [2.24, 2.45) is 4.99 Å². The van der Waals surface area contributed by atoms with E-state index in [1.165, 1.54) is 0 Å². The molecular weight excluding hydrogens is 443 g/mol. The van der Waals surface area contributed by atoms with Crippen LogP contribution in [-0.2, 0) is 5.54 Å². The third kappa shape index (κ3) is 4.43. The first-order valence-corrected chi connectivity index (χ1v) is 11.3. The fraction of sp³-hybridized carbons (Fsp3) is 0.269. The maximum absolute atomic E-state index is 6.16. The number of nitrogens with zero attached hydrogens (tertiary/aromatic N) is 1. The largest absolute Gasteiger partial charge is 0.497 e. The van der Waals surface area contributed by atoms with Crippen LogP contribution in [0.25, 0.3) is 0 Å². The fourth-order valence-electron chi connectivity index (χ4n) is 4.00. The summed E-state index contributed by atoms with van der Waals surface area (Å²) in [6.07, 6.45) is 0.0116. The molecular formula is C26H26Cl2N2O2. The van der Waals surface area contributed by atoms with Crippen molar-refractivity contribution < 1.29 is 9.47 Å². The molecule has 4 nitrogen and oxygen atoms in total. The average Bonchev–Trinajstić information content (AvgIpc) is 3.12. The maximum atomic E-state index is 6.16. The first-order chi connectivity index (χ1) is 15.3. The zero-order valence-corrected chi connectivity index (χ0v) is 20.0. The number of aliphatic imine (C=N–C) groups is 1. The van der Waals surface area contributed by atoms with Crippen LogP contribution in [0.2, 0.25) is 10.0 Å². The Morgan fingerprint density at radius 3 is 2.16 bits per heavy atom. The van der Waals surface area contributed by atoms with Gasteiger partial charge in [-0.2, -0.15) is 0 Å². The van der Waals surface area contributed by atoms with Crippen LogP contribution >= 0.6 is 23.2 Å². The van der Waals surface area contributed by atoms with Crippen molar-refractivity contribution in [2.45, 2.75) is 38.5 Å². The first-order valence-electron chi connectivity index (χ1n) is 10.5. The predicted molar refractivity (Wildman–Crippen MR) is 131 cm³/mol. The van der Waals surface area contributed by atoms with Gasteiger partial charge in [-0.3, -0.25) is 4.99 Å². The lowest BCUT2D eigenvalue weighted by Gasteiger charge is -2.32. The highest BCUT2D eigenvalue weighted by Gasteiger charge is 2.43. The van der Waals surface area contributed by atoms with E-state index in [1.807, 2.05) is 80.6 Å². The lowest BCUT2D eigenvalue weighted by atomic mass is 9.82. The maximum Gasteiger partial charge on any atom is 0.134 e. The highest BCUT2D eigenvalue weighted by atomic mass is 35.5. The fourth-order valence-corrected chi connectivity index (χ4v) is 4.25. The van der Waals surface area contributed by atoms with Gasteiger partial charge in [0.25, 0.3) is 0 Å². The summed E-state index contributed by atoms with van der Waals surface area (Å²) in [6.45, 7) is 6.15. The molecule has 0 aliphatic carbocycles. The number of halogens is 2. The van der Waals surface area contributed by atoms with Crippen molar-refractivity contribution in [2.75, 3.05) is 7.11 Å². The number of benzene rings is 3. The van der Waals surface area contributed by atoms with E-state index in [9.17, 15) is 0 Å². The van der Waals surface area contributed by atoms with Crippen LogP contribution in [0.15, 0.2) is 71.7 Å². The van der Waals surface area contributed by atoms with Gasteiger partial charge in [0.05, 0.1) is 24.3 Å². The summed E-state index contributed by atoms with van der Waals surface area (Å²) >= 11 is 12.3. The molecule has 0 unspecified atom stereocenters. The molecule has 3 aromatic rings. The highest BCUT2D eigenvalue weighted by molar-refractivity contribution is 6.30. The Labute approximate surface area is 199 Å². The minimum absolute atomic E-state index is 0.0116. The van der Waals surface area contributed by atoms with Gasteiger partial charge in [0.15, 0.2) is 0 Å². The van der Waals surface area contributed by atoms with Gasteiger partial charge in [0.1, 0.15) is 23.4 Å². The molecule has 2 atom stereocenters.